The fourth-order valence-electron chi connectivity index (χ4n) is 3.25. The normalized spacial score (nSPS) is 22.8. The van der Waals surface area contributed by atoms with Gasteiger partial charge in [0.15, 0.2) is 0 Å². The highest BCUT2D eigenvalue weighted by molar-refractivity contribution is 5.91. The van der Waals surface area contributed by atoms with E-state index in [1.165, 1.54) is 18.5 Å². The molecule has 0 spiro atoms. The summed E-state index contributed by atoms with van der Waals surface area (Å²) in [6.07, 6.45) is 5.17. The Morgan fingerprint density at radius 3 is 2.59 bits per heavy atom. The Bertz CT molecular complexity index is 486. The van der Waals surface area contributed by atoms with Crippen LogP contribution in [0.3, 0.4) is 0 Å². The third-order valence-corrected chi connectivity index (χ3v) is 4.74. The van der Waals surface area contributed by atoms with Crippen molar-refractivity contribution in [2.75, 3.05) is 29.9 Å². The summed E-state index contributed by atoms with van der Waals surface area (Å²) in [5.74, 6) is 0.888. The minimum absolute atomic E-state index is 0.0476. The van der Waals surface area contributed by atoms with Gasteiger partial charge in [0, 0.05) is 31.1 Å². The zero-order valence-corrected chi connectivity index (χ0v) is 13.4. The van der Waals surface area contributed by atoms with Crippen molar-refractivity contribution in [1.29, 1.82) is 0 Å². The van der Waals surface area contributed by atoms with Crippen molar-refractivity contribution in [2.24, 2.45) is 5.92 Å². The smallest absolute Gasteiger partial charge is 0.226 e. The number of anilines is 2. The molecule has 22 heavy (non-hydrogen) atoms. The number of nitrogens with zero attached hydrogens (tertiary/aromatic N) is 1. The van der Waals surface area contributed by atoms with E-state index in [1.54, 1.807) is 0 Å². The maximum absolute atomic E-state index is 12.0. The van der Waals surface area contributed by atoms with Gasteiger partial charge < -0.3 is 15.0 Å². The van der Waals surface area contributed by atoms with Gasteiger partial charge in [-0.25, -0.2) is 0 Å². The molecule has 1 aromatic carbocycles. The second-order valence-electron chi connectivity index (χ2n) is 6.60. The molecule has 1 aromatic rings. The van der Waals surface area contributed by atoms with E-state index >= 15 is 0 Å². The summed E-state index contributed by atoms with van der Waals surface area (Å²) in [5.41, 5.74) is 2.13. The van der Waals surface area contributed by atoms with Gasteiger partial charge in [0.1, 0.15) is 0 Å². The maximum atomic E-state index is 12.0. The van der Waals surface area contributed by atoms with Crippen molar-refractivity contribution < 1.29 is 9.53 Å². The molecule has 4 nitrogen and oxygen atoms in total. The number of hydrogen-bond donors (Lipinski definition) is 1. The van der Waals surface area contributed by atoms with E-state index in [9.17, 15) is 4.79 Å². The number of carbonyl (C=O) groups is 1. The Balaban J connectivity index is 1.51. The number of amides is 1. The number of nitrogens with one attached hydrogen (secondary N) is 1. The largest absolute Gasteiger partial charge is 0.378 e. The lowest BCUT2D eigenvalue weighted by Gasteiger charge is -2.32. The van der Waals surface area contributed by atoms with Gasteiger partial charge in [0.25, 0.3) is 0 Å². The highest BCUT2D eigenvalue weighted by Gasteiger charge is 2.19. The molecule has 1 unspecified atom stereocenters. The van der Waals surface area contributed by atoms with Crippen molar-refractivity contribution in [1.82, 2.24) is 0 Å². The lowest BCUT2D eigenvalue weighted by molar-refractivity contribution is -0.118. The maximum Gasteiger partial charge on any atom is 0.226 e. The van der Waals surface area contributed by atoms with Crippen LogP contribution in [0.5, 0.6) is 0 Å². The predicted octanol–water partition coefficient (Wildman–Crippen LogP) is 3.43. The first-order valence-electron chi connectivity index (χ1n) is 8.47. The molecule has 2 fully saturated rings. The third kappa shape index (κ3) is 4.01. The minimum Gasteiger partial charge on any atom is -0.378 e. The van der Waals surface area contributed by atoms with E-state index in [0.29, 0.717) is 6.42 Å². The number of carbonyl (C=O) groups excluding carboxylic acids is 1. The first-order chi connectivity index (χ1) is 10.7. The van der Waals surface area contributed by atoms with Crippen LogP contribution >= 0.6 is 0 Å². The highest BCUT2D eigenvalue weighted by atomic mass is 16.5. The van der Waals surface area contributed by atoms with Crippen molar-refractivity contribution in [3.63, 3.8) is 0 Å². The van der Waals surface area contributed by atoms with Gasteiger partial charge in [-0.2, -0.15) is 0 Å². The average Bonchev–Trinajstić information content (AvgIpc) is 3.02. The van der Waals surface area contributed by atoms with Crippen molar-refractivity contribution in [3.05, 3.63) is 24.3 Å². The quantitative estimate of drug-likeness (QED) is 0.926. The Morgan fingerprint density at radius 2 is 1.95 bits per heavy atom. The number of rotatable bonds is 4. The molecule has 0 aromatic heterocycles. The Morgan fingerprint density at radius 1 is 1.23 bits per heavy atom. The van der Waals surface area contributed by atoms with Crippen LogP contribution in [-0.4, -0.2) is 31.7 Å². The molecule has 4 heteroatoms. The third-order valence-electron chi connectivity index (χ3n) is 4.74. The standard InChI is InChI=1S/C18H26N2O2/c1-14-8-10-20(11-9-14)16-6-4-15(5-7-16)19-18(21)13-17-3-2-12-22-17/h4-7,14,17H,2-3,8-13H2,1H3,(H,19,21). The molecular weight excluding hydrogens is 276 g/mol. The lowest BCUT2D eigenvalue weighted by Crippen LogP contribution is -2.32. The number of benzene rings is 1. The van der Waals surface area contributed by atoms with Crippen LogP contribution in [0.15, 0.2) is 24.3 Å². The molecule has 2 saturated heterocycles. The fraction of sp³-hybridized carbons (Fsp3) is 0.611. The van der Waals surface area contributed by atoms with E-state index in [4.69, 9.17) is 4.74 Å². The van der Waals surface area contributed by atoms with Gasteiger partial charge in [0.2, 0.25) is 5.91 Å². The van der Waals surface area contributed by atoms with E-state index in [0.717, 1.165) is 44.1 Å². The van der Waals surface area contributed by atoms with E-state index in [-0.39, 0.29) is 12.0 Å². The van der Waals surface area contributed by atoms with Crippen molar-refractivity contribution in [3.8, 4) is 0 Å². The van der Waals surface area contributed by atoms with Gasteiger partial charge in [-0.1, -0.05) is 6.92 Å². The van der Waals surface area contributed by atoms with Gasteiger partial charge in [0.05, 0.1) is 12.5 Å². The second-order valence-corrected chi connectivity index (χ2v) is 6.60. The van der Waals surface area contributed by atoms with E-state index in [1.807, 2.05) is 12.1 Å². The Labute approximate surface area is 132 Å². The molecule has 0 aliphatic carbocycles. The van der Waals surface area contributed by atoms with Crippen LogP contribution in [0.1, 0.15) is 39.0 Å². The van der Waals surface area contributed by atoms with Gasteiger partial charge in [-0.05, 0) is 55.9 Å². The van der Waals surface area contributed by atoms with Crippen LogP contribution in [0.4, 0.5) is 11.4 Å². The molecule has 0 bridgehead atoms. The number of ether oxygens (including phenoxy) is 1. The van der Waals surface area contributed by atoms with Crippen molar-refractivity contribution >= 4 is 17.3 Å². The summed E-state index contributed by atoms with van der Waals surface area (Å²) in [5, 5.41) is 2.97. The average molecular weight is 302 g/mol. The summed E-state index contributed by atoms with van der Waals surface area (Å²) < 4.78 is 5.50. The first-order valence-corrected chi connectivity index (χ1v) is 8.47. The zero-order valence-electron chi connectivity index (χ0n) is 13.4. The molecule has 120 valence electrons. The predicted molar refractivity (Wildman–Crippen MR) is 89.3 cm³/mol. The number of hydrogen-bond acceptors (Lipinski definition) is 3. The summed E-state index contributed by atoms with van der Waals surface area (Å²) in [6, 6.07) is 8.22. The topological polar surface area (TPSA) is 41.6 Å². The zero-order chi connectivity index (χ0) is 15.4. The van der Waals surface area contributed by atoms with Gasteiger partial charge in [-0.15, -0.1) is 0 Å². The minimum atomic E-state index is 0.0476. The molecule has 1 amide bonds. The van der Waals surface area contributed by atoms with Gasteiger partial charge in [-0.3, -0.25) is 4.79 Å². The molecule has 2 aliphatic rings. The SMILES string of the molecule is CC1CCN(c2ccc(NC(=O)CC3CCCO3)cc2)CC1. The molecule has 0 radical (unpaired) electrons. The molecule has 2 aliphatic heterocycles. The fourth-order valence-corrected chi connectivity index (χ4v) is 3.25. The van der Waals surface area contributed by atoms with E-state index < -0.39 is 0 Å². The van der Waals surface area contributed by atoms with Crippen LogP contribution in [0.2, 0.25) is 0 Å². The second kappa shape index (κ2) is 7.14. The molecule has 1 atom stereocenters. The first kappa shape index (κ1) is 15.3. The van der Waals surface area contributed by atoms with Crippen LogP contribution in [0, 0.1) is 5.92 Å². The molecule has 2 heterocycles. The molecule has 0 saturated carbocycles. The molecule has 3 rings (SSSR count). The Hall–Kier alpha value is -1.55. The monoisotopic (exact) mass is 302 g/mol. The lowest BCUT2D eigenvalue weighted by atomic mass is 9.99. The van der Waals surface area contributed by atoms with Crippen LogP contribution < -0.4 is 10.2 Å². The van der Waals surface area contributed by atoms with Crippen molar-refractivity contribution in [2.45, 2.75) is 45.1 Å². The summed E-state index contributed by atoms with van der Waals surface area (Å²) in [6.45, 7) is 5.38. The molecular formula is C18H26N2O2. The summed E-state index contributed by atoms with van der Waals surface area (Å²) in [7, 11) is 0. The molecule has 1 N–H and O–H groups in total. The highest BCUT2D eigenvalue weighted by Crippen LogP contribution is 2.24. The van der Waals surface area contributed by atoms with Crippen LogP contribution in [-0.2, 0) is 9.53 Å². The van der Waals surface area contributed by atoms with Crippen LogP contribution in [0.25, 0.3) is 0 Å². The Kier molecular flexibility index (Phi) is 4.98. The summed E-state index contributed by atoms with van der Waals surface area (Å²) >= 11 is 0. The van der Waals surface area contributed by atoms with Gasteiger partial charge >= 0.3 is 0 Å². The van der Waals surface area contributed by atoms with E-state index in [2.05, 4.69) is 29.3 Å². The number of piperidine rings is 1. The summed E-state index contributed by atoms with van der Waals surface area (Å²) in [4.78, 5) is 14.4.